The normalized spacial score (nSPS) is 10.2. The molecule has 4 heteroatoms. The van der Waals surface area contributed by atoms with E-state index in [9.17, 15) is 4.79 Å². The van der Waals surface area contributed by atoms with Crippen LogP contribution in [0.3, 0.4) is 0 Å². The summed E-state index contributed by atoms with van der Waals surface area (Å²) in [6, 6.07) is 11.3. The van der Waals surface area contributed by atoms with Crippen LogP contribution in [0, 0.1) is 0 Å². The summed E-state index contributed by atoms with van der Waals surface area (Å²) in [4.78, 5) is 13.2. The zero-order valence-corrected chi connectivity index (χ0v) is 11.7. The van der Waals surface area contributed by atoms with Gasteiger partial charge in [-0.3, -0.25) is 4.79 Å². The maximum Gasteiger partial charge on any atom is 0.251 e. The summed E-state index contributed by atoms with van der Waals surface area (Å²) in [6.45, 7) is 3.23. The molecule has 0 fully saturated rings. The molecule has 2 aromatic rings. The van der Waals surface area contributed by atoms with Crippen LogP contribution in [-0.2, 0) is 6.42 Å². The lowest BCUT2D eigenvalue weighted by atomic mass is 10.2. The van der Waals surface area contributed by atoms with E-state index in [0.29, 0.717) is 18.7 Å². The first-order chi connectivity index (χ1) is 9.29. The van der Waals surface area contributed by atoms with Crippen LogP contribution in [-0.4, -0.2) is 19.1 Å². The van der Waals surface area contributed by atoms with Gasteiger partial charge in [0, 0.05) is 17.0 Å². The summed E-state index contributed by atoms with van der Waals surface area (Å²) >= 11 is 1.71. The first-order valence-corrected chi connectivity index (χ1v) is 7.21. The molecule has 19 heavy (non-hydrogen) atoms. The van der Waals surface area contributed by atoms with E-state index in [4.69, 9.17) is 4.74 Å². The Labute approximate surface area is 117 Å². The van der Waals surface area contributed by atoms with Gasteiger partial charge < -0.3 is 10.1 Å². The molecule has 100 valence electrons. The van der Waals surface area contributed by atoms with Crippen LogP contribution in [0.15, 0.2) is 41.8 Å². The minimum absolute atomic E-state index is 0.0420. The summed E-state index contributed by atoms with van der Waals surface area (Å²) in [5.41, 5.74) is 0.662. The molecular weight excluding hydrogens is 258 g/mol. The van der Waals surface area contributed by atoms with E-state index in [1.54, 1.807) is 23.5 Å². The second-order valence-electron chi connectivity index (χ2n) is 4.04. The molecule has 1 aromatic carbocycles. The lowest BCUT2D eigenvalue weighted by Gasteiger charge is -2.06. The van der Waals surface area contributed by atoms with Crippen molar-refractivity contribution in [3.05, 3.63) is 52.2 Å². The van der Waals surface area contributed by atoms with E-state index in [2.05, 4.69) is 11.4 Å². The Hall–Kier alpha value is -1.81. The van der Waals surface area contributed by atoms with Gasteiger partial charge in [0.25, 0.3) is 5.91 Å². The van der Waals surface area contributed by atoms with Crippen LogP contribution < -0.4 is 10.1 Å². The van der Waals surface area contributed by atoms with Crippen molar-refractivity contribution in [2.24, 2.45) is 0 Å². The molecule has 1 N–H and O–H groups in total. The van der Waals surface area contributed by atoms with Gasteiger partial charge in [0.1, 0.15) is 5.75 Å². The molecule has 2 rings (SSSR count). The Kier molecular flexibility index (Phi) is 4.98. The molecule has 1 amide bonds. The Bertz CT molecular complexity index is 505. The molecule has 0 aliphatic carbocycles. The fraction of sp³-hybridized carbons (Fsp3) is 0.267. The Morgan fingerprint density at radius 2 is 2.05 bits per heavy atom. The predicted molar refractivity (Wildman–Crippen MR) is 78.0 cm³/mol. The van der Waals surface area contributed by atoms with Crippen molar-refractivity contribution in [1.29, 1.82) is 0 Å². The lowest BCUT2D eigenvalue weighted by Crippen LogP contribution is -2.25. The molecule has 0 saturated carbocycles. The maximum atomic E-state index is 11.9. The van der Waals surface area contributed by atoms with Crippen LogP contribution in [0.25, 0.3) is 0 Å². The second kappa shape index (κ2) is 6.95. The van der Waals surface area contributed by atoms with Crippen molar-refractivity contribution in [3.63, 3.8) is 0 Å². The summed E-state index contributed by atoms with van der Waals surface area (Å²) in [7, 11) is 0. The van der Waals surface area contributed by atoms with Crippen LogP contribution in [0.2, 0.25) is 0 Å². The number of nitrogens with one attached hydrogen (secondary N) is 1. The molecule has 0 aliphatic heterocycles. The average molecular weight is 275 g/mol. The molecule has 0 aliphatic rings. The summed E-state index contributed by atoms with van der Waals surface area (Å²) < 4.78 is 5.34. The molecule has 0 radical (unpaired) electrons. The van der Waals surface area contributed by atoms with Crippen molar-refractivity contribution in [2.45, 2.75) is 13.3 Å². The molecule has 0 atom stereocenters. The van der Waals surface area contributed by atoms with Gasteiger partial charge in [-0.05, 0) is 49.1 Å². The standard InChI is InChI=1S/C15H17NO2S/c1-2-18-13-7-5-12(6-8-13)15(17)16-10-9-14-4-3-11-19-14/h3-8,11H,2,9-10H2,1H3,(H,16,17). The minimum Gasteiger partial charge on any atom is -0.494 e. The number of hydrogen-bond acceptors (Lipinski definition) is 3. The Morgan fingerprint density at radius 3 is 2.68 bits per heavy atom. The fourth-order valence-corrected chi connectivity index (χ4v) is 2.43. The van der Waals surface area contributed by atoms with E-state index in [1.807, 2.05) is 30.5 Å². The third kappa shape index (κ3) is 4.10. The van der Waals surface area contributed by atoms with E-state index in [-0.39, 0.29) is 5.91 Å². The highest BCUT2D eigenvalue weighted by atomic mass is 32.1. The molecule has 1 heterocycles. The third-order valence-electron chi connectivity index (χ3n) is 2.66. The highest BCUT2D eigenvalue weighted by Gasteiger charge is 2.05. The number of carbonyl (C=O) groups excluding carboxylic acids is 1. The van der Waals surface area contributed by atoms with Gasteiger partial charge in [-0.25, -0.2) is 0 Å². The molecule has 0 spiro atoms. The number of benzene rings is 1. The van der Waals surface area contributed by atoms with Gasteiger partial charge in [0.05, 0.1) is 6.61 Å². The first kappa shape index (κ1) is 13.6. The summed E-state index contributed by atoms with van der Waals surface area (Å²) in [6.07, 6.45) is 0.875. The van der Waals surface area contributed by atoms with Crippen molar-refractivity contribution in [3.8, 4) is 5.75 Å². The lowest BCUT2D eigenvalue weighted by molar-refractivity contribution is 0.0954. The molecule has 0 saturated heterocycles. The quantitative estimate of drug-likeness (QED) is 0.879. The van der Waals surface area contributed by atoms with Crippen molar-refractivity contribution < 1.29 is 9.53 Å². The molecule has 0 bridgehead atoms. The van der Waals surface area contributed by atoms with Gasteiger partial charge in [0.15, 0.2) is 0 Å². The van der Waals surface area contributed by atoms with Crippen LogP contribution >= 0.6 is 11.3 Å². The van der Waals surface area contributed by atoms with Gasteiger partial charge >= 0.3 is 0 Å². The van der Waals surface area contributed by atoms with Crippen molar-refractivity contribution >= 4 is 17.2 Å². The fourth-order valence-electron chi connectivity index (χ4n) is 1.73. The molecular formula is C15H17NO2S. The SMILES string of the molecule is CCOc1ccc(C(=O)NCCc2cccs2)cc1. The maximum absolute atomic E-state index is 11.9. The molecule has 0 unspecified atom stereocenters. The second-order valence-corrected chi connectivity index (χ2v) is 5.07. The smallest absolute Gasteiger partial charge is 0.251 e. The van der Waals surface area contributed by atoms with E-state index in [0.717, 1.165) is 12.2 Å². The topological polar surface area (TPSA) is 38.3 Å². The zero-order valence-electron chi connectivity index (χ0n) is 10.9. The number of thiophene rings is 1. The largest absolute Gasteiger partial charge is 0.494 e. The first-order valence-electron chi connectivity index (χ1n) is 6.33. The van der Waals surface area contributed by atoms with Crippen LogP contribution in [0.5, 0.6) is 5.75 Å². The van der Waals surface area contributed by atoms with E-state index in [1.165, 1.54) is 4.88 Å². The van der Waals surface area contributed by atoms with Crippen molar-refractivity contribution in [2.75, 3.05) is 13.2 Å². The van der Waals surface area contributed by atoms with Crippen molar-refractivity contribution in [1.82, 2.24) is 5.32 Å². The number of carbonyl (C=O) groups is 1. The predicted octanol–water partition coefficient (Wildman–Crippen LogP) is 3.12. The zero-order chi connectivity index (χ0) is 13.5. The summed E-state index contributed by atoms with van der Waals surface area (Å²) in [5, 5.41) is 4.96. The molecule has 3 nitrogen and oxygen atoms in total. The average Bonchev–Trinajstić information content (AvgIpc) is 2.93. The number of hydrogen-bond donors (Lipinski definition) is 1. The Morgan fingerprint density at radius 1 is 1.26 bits per heavy atom. The number of rotatable bonds is 6. The van der Waals surface area contributed by atoms with Gasteiger partial charge in [-0.15, -0.1) is 11.3 Å². The Balaban J connectivity index is 1.82. The highest BCUT2D eigenvalue weighted by Crippen LogP contribution is 2.12. The van der Waals surface area contributed by atoms with Gasteiger partial charge in [-0.1, -0.05) is 6.07 Å². The minimum atomic E-state index is -0.0420. The molecule has 1 aromatic heterocycles. The number of amides is 1. The van der Waals surface area contributed by atoms with Crippen LogP contribution in [0.4, 0.5) is 0 Å². The monoisotopic (exact) mass is 275 g/mol. The summed E-state index contributed by atoms with van der Waals surface area (Å²) in [5.74, 6) is 0.747. The van der Waals surface area contributed by atoms with E-state index >= 15 is 0 Å². The van der Waals surface area contributed by atoms with Gasteiger partial charge in [-0.2, -0.15) is 0 Å². The van der Waals surface area contributed by atoms with Crippen LogP contribution in [0.1, 0.15) is 22.2 Å². The number of ether oxygens (including phenoxy) is 1. The van der Waals surface area contributed by atoms with Gasteiger partial charge in [0.2, 0.25) is 0 Å². The van der Waals surface area contributed by atoms with E-state index < -0.39 is 0 Å². The third-order valence-corrected chi connectivity index (χ3v) is 3.60. The highest BCUT2D eigenvalue weighted by molar-refractivity contribution is 7.09.